The van der Waals surface area contributed by atoms with Crippen LogP contribution in [0.25, 0.3) is 5.76 Å². The summed E-state index contributed by atoms with van der Waals surface area (Å²) in [6, 6.07) is 15.8. The Hall–Kier alpha value is -5.39. The molecule has 1 aliphatic heterocycles. The first kappa shape index (κ1) is 33.0. The summed E-state index contributed by atoms with van der Waals surface area (Å²) >= 11 is 0. The standard InChI is InChI=1S/C35H32F4N4O4/c1-40(2)25-6-8-26(9-7-25)41-12-14-42(15-13-41)35(47)32(45)19-31(44)28-18-23(17-27-29(37)10-11-30(38)33(27)39)21-43(34(28)46)20-22-4-3-5-24(36)16-22/h3-11,16,18-19,21,44H,12-15,17,20H2,1-2H3. The lowest BCUT2D eigenvalue weighted by atomic mass is 10.0. The number of carbonyl (C=O) groups excluding carboxylic acids is 2. The van der Waals surface area contributed by atoms with Crippen LogP contribution in [0.4, 0.5) is 28.9 Å². The molecular weight excluding hydrogens is 616 g/mol. The number of amides is 1. The van der Waals surface area contributed by atoms with Crippen LogP contribution in [0.1, 0.15) is 22.3 Å². The van der Waals surface area contributed by atoms with E-state index in [4.69, 9.17) is 0 Å². The van der Waals surface area contributed by atoms with Gasteiger partial charge in [0.1, 0.15) is 17.4 Å². The van der Waals surface area contributed by atoms with Crippen molar-refractivity contribution in [3.05, 3.63) is 135 Å². The van der Waals surface area contributed by atoms with Crippen molar-refractivity contribution in [2.75, 3.05) is 50.1 Å². The Morgan fingerprint density at radius 2 is 1.55 bits per heavy atom. The van der Waals surface area contributed by atoms with Crippen molar-refractivity contribution in [2.45, 2.75) is 13.0 Å². The molecule has 5 rings (SSSR count). The molecule has 47 heavy (non-hydrogen) atoms. The Bertz CT molecular complexity index is 1900. The van der Waals surface area contributed by atoms with Crippen molar-refractivity contribution in [2.24, 2.45) is 0 Å². The molecule has 1 aliphatic rings. The first-order valence-corrected chi connectivity index (χ1v) is 14.8. The van der Waals surface area contributed by atoms with Gasteiger partial charge >= 0.3 is 0 Å². The number of rotatable bonds is 9. The van der Waals surface area contributed by atoms with E-state index < -0.39 is 63.8 Å². The van der Waals surface area contributed by atoms with Gasteiger partial charge in [-0.05, 0) is 65.7 Å². The van der Waals surface area contributed by atoms with E-state index in [9.17, 15) is 37.1 Å². The minimum absolute atomic E-state index is 0.0767. The van der Waals surface area contributed by atoms with Crippen LogP contribution in [0.5, 0.6) is 0 Å². The molecule has 2 heterocycles. The molecule has 1 aromatic heterocycles. The summed E-state index contributed by atoms with van der Waals surface area (Å²) < 4.78 is 57.8. The molecule has 4 aromatic rings. The molecule has 0 aliphatic carbocycles. The number of aromatic nitrogens is 1. The lowest BCUT2D eigenvalue weighted by Crippen LogP contribution is -2.50. The Labute approximate surface area is 268 Å². The second-order valence-electron chi connectivity index (χ2n) is 11.4. The van der Waals surface area contributed by atoms with Crippen LogP contribution in [-0.4, -0.2) is 66.5 Å². The average molecular weight is 649 g/mol. The van der Waals surface area contributed by atoms with Gasteiger partial charge in [0.15, 0.2) is 11.6 Å². The number of anilines is 2. The van der Waals surface area contributed by atoms with Gasteiger partial charge in [-0.1, -0.05) is 12.1 Å². The SMILES string of the molecule is CN(C)c1ccc(N2CCN(C(=O)C(=O)C=C(O)c3cc(Cc4c(F)ccc(F)c4F)cn(Cc4cccc(F)c4)c3=O)CC2)cc1. The Kier molecular flexibility index (Phi) is 9.78. The van der Waals surface area contributed by atoms with Crippen molar-refractivity contribution in [3.63, 3.8) is 0 Å². The maximum Gasteiger partial charge on any atom is 0.294 e. The topological polar surface area (TPSA) is 86.1 Å². The first-order valence-electron chi connectivity index (χ1n) is 14.8. The normalized spacial score (nSPS) is 13.5. The molecule has 0 spiro atoms. The smallest absolute Gasteiger partial charge is 0.294 e. The van der Waals surface area contributed by atoms with Gasteiger partial charge in [0.05, 0.1) is 12.1 Å². The summed E-state index contributed by atoms with van der Waals surface area (Å²) in [5, 5.41) is 10.9. The van der Waals surface area contributed by atoms with Gasteiger partial charge in [-0.25, -0.2) is 17.6 Å². The molecule has 8 nitrogen and oxygen atoms in total. The van der Waals surface area contributed by atoms with Crippen LogP contribution in [0.15, 0.2) is 83.8 Å². The maximum atomic E-state index is 14.5. The van der Waals surface area contributed by atoms with Crippen molar-refractivity contribution in [1.29, 1.82) is 0 Å². The minimum Gasteiger partial charge on any atom is -0.507 e. The number of benzene rings is 3. The van der Waals surface area contributed by atoms with Gasteiger partial charge in [-0.2, -0.15) is 0 Å². The zero-order valence-electron chi connectivity index (χ0n) is 25.7. The zero-order chi connectivity index (χ0) is 33.8. The minimum atomic E-state index is -1.42. The summed E-state index contributed by atoms with van der Waals surface area (Å²) in [6.45, 7) is 1.23. The van der Waals surface area contributed by atoms with Gasteiger partial charge in [0.2, 0.25) is 5.78 Å². The fourth-order valence-electron chi connectivity index (χ4n) is 5.41. The largest absolute Gasteiger partial charge is 0.507 e. The lowest BCUT2D eigenvalue weighted by molar-refractivity contribution is -0.142. The number of piperazine rings is 1. The first-order chi connectivity index (χ1) is 22.4. The summed E-state index contributed by atoms with van der Waals surface area (Å²) in [5.74, 6) is -7.08. The number of hydrogen-bond acceptors (Lipinski definition) is 6. The molecule has 1 fully saturated rings. The number of aliphatic hydroxyl groups excluding tert-OH is 1. The highest BCUT2D eigenvalue weighted by Gasteiger charge is 2.26. The third-order valence-electron chi connectivity index (χ3n) is 7.96. The third-order valence-corrected chi connectivity index (χ3v) is 7.96. The highest BCUT2D eigenvalue weighted by atomic mass is 19.2. The summed E-state index contributed by atoms with van der Waals surface area (Å²) in [6.07, 6.45) is 1.35. The van der Waals surface area contributed by atoms with Gasteiger partial charge in [-0.15, -0.1) is 0 Å². The van der Waals surface area contributed by atoms with E-state index >= 15 is 0 Å². The lowest BCUT2D eigenvalue weighted by Gasteiger charge is -2.35. The molecule has 0 radical (unpaired) electrons. The number of aliphatic hydroxyl groups is 1. The van der Waals surface area contributed by atoms with Gasteiger partial charge in [-0.3, -0.25) is 14.4 Å². The molecule has 0 atom stereocenters. The molecule has 3 aromatic carbocycles. The quantitative estimate of drug-likeness (QED) is 0.0912. The number of halogens is 4. The Morgan fingerprint density at radius 1 is 0.872 bits per heavy atom. The van der Waals surface area contributed by atoms with Crippen LogP contribution < -0.4 is 15.4 Å². The average Bonchev–Trinajstić information content (AvgIpc) is 3.06. The van der Waals surface area contributed by atoms with E-state index in [1.165, 1.54) is 29.3 Å². The molecule has 0 saturated carbocycles. The van der Waals surface area contributed by atoms with E-state index in [2.05, 4.69) is 4.90 Å². The van der Waals surface area contributed by atoms with Gasteiger partial charge < -0.3 is 24.4 Å². The predicted molar refractivity (Wildman–Crippen MR) is 171 cm³/mol. The van der Waals surface area contributed by atoms with E-state index in [-0.39, 0.29) is 25.2 Å². The molecule has 244 valence electrons. The van der Waals surface area contributed by atoms with Gasteiger partial charge in [0.25, 0.3) is 11.5 Å². The van der Waals surface area contributed by atoms with E-state index in [1.54, 1.807) is 6.07 Å². The number of hydrogen-bond donors (Lipinski definition) is 1. The third kappa shape index (κ3) is 7.54. The summed E-state index contributed by atoms with van der Waals surface area (Å²) in [5.41, 5.74) is 0.575. The van der Waals surface area contributed by atoms with Crippen molar-refractivity contribution < 1.29 is 32.3 Å². The molecule has 1 N–H and O–H groups in total. The molecule has 12 heteroatoms. The molecule has 1 saturated heterocycles. The van der Waals surface area contributed by atoms with Crippen LogP contribution >= 0.6 is 0 Å². The van der Waals surface area contributed by atoms with E-state index in [0.29, 0.717) is 30.8 Å². The summed E-state index contributed by atoms with van der Waals surface area (Å²) in [4.78, 5) is 44.8. The second kappa shape index (κ2) is 13.9. The Morgan fingerprint density at radius 3 is 2.21 bits per heavy atom. The van der Waals surface area contributed by atoms with Crippen molar-refractivity contribution in [3.8, 4) is 0 Å². The van der Waals surface area contributed by atoms with Crippen molar-refractivity contribution in [1.82, 2.24) is 9.47 Å². The van der Waals surface area contributed by atoms with Crippen LogP contribution in [-0.2, 0) is 22.6 Å². The number of carbonyl (C=O) groups is 2. The monoisotopic (exact) mass is 648 g/mol. The molecular formula is C35H32F4N4O4. The zero-order valence-corrected chi connectivity index (χ0v) is 25.7. The Balaban J connectivity index is 1.38. The van der Waals surface area contributed by atoms with E-state index in [1.807, 2.05) is 43.3 Å². The van der Waals surface area contributed by atoms with Crippen LogP contribution in [0.2, 0.25) is 0 Å². The highest BCUT2D eigenvalue weighted by Crippen LogP contribution is 2.23. The van der Waals surface area contributed by atoms with Crippen molar-refractivity contribution >= 4 is 28.8 Å². The number of pyridine rings is 1. The number of nitrogens with zero attached hydrogens (tertiary/aromatic N) is 4. The number of ketones is 1. The fourth-order valence-corrected chi connectivity index (χ4v) is 5.41. The predicted octanol–water partition coefficient (Wildman–Crippen LogP) is 4.93. The second-order valence-corrected chi connectivity index (χ2v) is 11.4. The molecule has 0 unspecified atom stereocenters. The fraction of sp³-hybridized carbons (Fsp3) is 0.229. The molecule has 0 bridgehead atoms. The maximum absolute atomic E-state index is 14.5. The molecule has 1 amide bonds. The van der Waals surface area contributed by atoms with E-state index in [0.717, 1.165) is 28.1 Å². The van der Waals surface area contributed by atoms with Crippen LogP contribution in [0.3, 0.4) is 0 Å². The summed E-state index contributed by atoms with van der Waals surface area (Å²) in [7, 11) is 3.88. The van der Waals surface area contributed by atoms with Gasteiger partial charge in [0, 0.05) is 75.9 Å². The van der Waals surface area contributed by atoms with Crippen LogP contribution in [0, 0.1) is 23.3 Å². The highest BCUT2D eigenvalue weighted by molar-refractivity contribution is 6.41.